The van der Waals surface area contributed by atoms with Crippen molar-refractivity contribution in [2.45, 2.75) is 12.8 Å². The Hall–Kier alpha value is -3.68. The maximum Gasteiger partial charge on any atom is 0.317 e. The molecule has 0 aliphatic heterocycles. The van der Waals surface area contributed by atoms with Crippen LogP contribution in [0.1, 0.15) is 28.8 Å². The number of ketones is 1. The van der Waals surface area contributed by atoms with E-state index in [0.717, 1.165) is 0 Å². The Balaban J connectivity index is 2.11. The molecule has 1 aromatic heterocycles. The summed E-state index contributed by atoms with van der Waals surface area (Å²) >= 11 is 0. The van der Waals surface area contributed by atoms with Crippen molar-refractivity contribution < 1.29 is 28.4 Å². The molecule has 30 heavy (non-hydrogen) atoms. The number of nitrogens with zero attached hydrogens (tertiary/aromatic N) is 1. The highest BCUT2D eigenvalue weighted by Gasteiger charge is 2.41. The lowest BCUT2D eigenvalue weighted by atomic mass is 9.80. The van der Waals surface area contributed by atoms with Gasteiger partial charge in [0.25, 0.3) is 0 Å². The Morgan fingerprint density at radius 2 is 1.87 bits per heavy atom. The number of fused-ring (bicyclic) bond motifs is 1. The molecule has 0 amide bonds. The van der Waals surface area contributed by atoms with Gasteiger partial charge in [0.1, 0.15) is 17.3 Å². The first-order valence-corrected chi connectivity index (χ1v) is 9.39. The summed E-state index contributed by atoms with van der Waals surface area (Å²) in [5.41, 5.74) is 1.24. The fourth-order valence-corrected chi connectivity index (χ4v) is 3.51. The average molecular weight is 411 g/mol. The summed E-state index contributed by atoms with van der Waals surface area (Å²) in [6.45, 7) is 1.05. The predicted molar refractivity (Wildman–Crippen MR) is 108 cm³/mol. The molecule has 0 saturated carbocycles. The van der Waals surface area contributed by atoms with E-state index in [1.54, 1.807) is 43.3 Å². The fourth-order valence-electron chi connectivity index (χ4n) is 3.51. The largest absolute Gasteiger partial charge is 0.497 e. The molecule has 3 rings (SSSR count). The number of furan rings is 1. The summed E-state index contributed by atoms with van der Waals surface area (Å²) in [7, 11) is 1.50. The maximum atomic E-state index is 13.3. The number of carbonyl (C=O) groups excluding carboxylic acids is 2. The molecule has 0 N–H and O–H groups in total. The first kappa shape index (κ1) is 21.0. The minimum atomic E-state index is -1.38. The van der Waals surface area contributed by atoms with Crippen LogP contribution in [0.15, 0.2) is 59.2 Å². The summed E-state index contributed by atoms with van der Waals surface area (Å²) in [6, 6.07) is 13.0. The van der Waals surface area contributed by atoms with Crippen molar-refractivity contribution in [2.24, 2.45) is 5.92 Å². The third-order valence-electron chi connectivity index (χ3n) is 4.87. The Morgan fingerprint density at radius 3 is 2.50 bits per heavy atom. The van der Waals surface area contributed by atoms with Gasteiger partial charge in [0, 0.05) is 15.9 Å². The molecular formula is C22H21NO7. The van der Waals surface area contributed by atoms with E-state index in [0.29, 0.717) is 22.3 Å². The molecule has 2 aromatic carbocycles. The van der Waals surface area contributed by atoms with Crippen molar-refractivity contribution in [1.82, 2.24) is 0 Å². The van der Waals surface area contributed by atoms with Crippen molar-refractivity contribution in [3.63, 3.8) is 0 Å². The first-order chi connectivity index (χ1) is 14.5. The van der Waals surface area contributed by atoms with Gasteiger partial charge in [0.05, 0.1) is 25.9 Å². The number of ether oxygens (including phenoxy) is 2. The van der Waals surface area contributed by atoms with E-state index in [2.05, 4.69) is 0 Å². The highest BCUT2D eigenvalue weighted by Crippen LogP contribution is 2.34. The van der Waals surface area contributed by atoms with Crippen LogP contribution in [0.3, 0.4) is 0 Å². The van der Waals surface area contributed by atoms with Crippen LogP contribution in [0.4, 0.5) is 0 Å². The number of nitro groups is 1. The molecule has 0 spiro atoms. The number of carbonyl (C=O) groups is 2. The SMILES string of the molecule is CCOC(=O)C(C(=O)c1ccc(OC)cc1)C(C[N+](=O)[O-])c1cccc2occc12. The summed E-state index contributed by atoms with van der Waals surface area (Å²) in [5, 5.41) is 12.1. The number of rotatable bonds is 9. The van der Waals surface area contributed by atoms with Crippen LogP contribution in [0.5, 0.6) is 5.75 Å². The molecule has 2 unspecified atom stereocenters. The lowest BCUT2D eigenvalue weighted by Crippen LogP contribution is -2.35. The highest BCUT2D eigenvalue weighted by molar-refractivity contribution is 6.09. The number of benzene rings is 2. The van der Waals surface area contributed by atoms with Crippen molar-refractivity contribution in [2.75, 3.05) is 20.3 Å². The second kappa shape index (κ2) is 9.21. The molecule has 1 heterocycles. The average Bonchev–Trinajstić information content (AvgIpc) is 3.22. The van der Waals surface area contributed by atoms with Gasteiger partial charge in [-0.05, 0) is 48.9 Å². The highest BCUT2D eigenvalue weighted by atomic mass is 16.6. The molecule has 2 atom stereocenters. The van der Waals surface area contributed by atoms with Gasteiger partial charge in [0.15, 0.2) is 5.78 Å². The number of Topliss-reactive ketones (excluding diaryl/α,β-unsaturated/α-hetero) is 1. The number of hydrogen-bond acceptors (Lipinski definition) is 7. The Labute approximate surface area is 172 Å². The van der Waals surface area contributed by atoms with E-state index in [-0.39, 0.29) is 12.2 Å². The van der Waals surface area contributed by atoms with Gasteiger partial charge in [-0.25, -0.2) is 0 Å². The Morgan fingerprint density at radius 1 is 1.13 bits per heavy atom. The number of esters is 1. The fraction of sp³-hybridized carbons (Fsp3) is 0.273. The van der Waals surface area contributed by atoms with Gasteiger partial charge in [-0.3, -0.25) is 19.7 Å². The smallest absolute Gasteiger partial charge is 0.317 e. The number of hydrogen-bond donors (Lipinski definition) is 0. The Kier molecular flexibility index (Phi) is 6.46. The molecule has 3 aromatic rings. The predicted octanol–water partition coefficient (Wildman–Crippen LogP) is 3.86. The van der Waals surface area contributed by atoms with E-state index in [4.69, 9.17) is 13.9 Å². The minimum Gasteiger partial charge on any atom is -0.497 e. The van der Waals surface area contributed by atoms with Crippen LogP contribution in [0, 0.1) is 16.0 Å². The molecule has 0 saturated heterocycles. The molecule has 0 radical (unpaired) electrons. The van der Waals surface area contributed by atoms with Crippen LogP contribution < -0.4 is 4.74 Å². The lowest BCUT2D eigenvalue weighted by molar-refractivity contribution is -0.484. The second-order valence-electron chi connectivity index (χ2n) is 6.62. The summed E-state index contributed by atoms with van der Waals surface area (Å²) in [6.07, 6.45) is 1.46. The molecule has 0 fully saturated rings. The van der Waals surface area contributed by atoms with Gasteiger partial charge >= 0.3 is 5.97 Å². The van der Waals surface area contributed by atoms with Crippen LogP contribution in [0.25, 0.3) is 11.0 Å². The van der Waals surface area contributed by atoms with Gasteiger partial charge in [0.2, 0.25) is 6.54 Å². The van der Waals surface area contributed by atoms with Crippen molar-refractivity contribution in [1.29, 1.82) is 0 Å². The zero-order chi connectivity index (χ0) is 21.7. The van der Waals surface area contributed by atoms with Crippen LogP contribution >= 0.6 is 0 Å². The van der Waals surface area contributed by atoms with Crippen molar-refractivity contribution >= 4 is 22.7 Å². The third-order valence-corrected chi connectivity index (χ3v) is 4.87. The summed E-state index contributed by atoms with van der Waals surface area (Å²) in [5.74, 6) is -3.22. The minimum absolute atomic E-state index is 0.0479. The zero-order valence-electron chi connectivity index (χ0n) is 16.6. The zero-order valence-corrected chi connectivity index (χ0v) is 16.6. The monoisotopic (exact) mass is 411 g/mol. The summed E-state index contributed by atoms with van der Waals surface area (Å²) < 4.78 is 15.6. The molecule has 0 aliphatic carbocycles. The number of methoxy groups -OCH3 is 1. The van der Waals surface area contributed by atoms with Gasteiger partial charge in [-0.15, -0.1) is 0 Å². The van der Waals surface area contributed by atoms with E-state index < -0.39 is 35.1 Å². The third kappa shape index (κ3) is 4.32. The van der Waals surface area contributed by atoms with Crippen molar-refractivity contribution in [3.8, 4) is 5.75 Å². The molecule has 0 aliphatic rings. The van der Waals surface area contributed by atoms with Crippen LogP contribution in [-0.2, 0) is 9.53 Å². The van der Waals surface area contributed by atoms with Crippen LogP contribution in [-0.4, -0.2) is 36.9 Å². The van der Waals surface area contributed by atoms with Gasteiger partial charge in [-0.2, -0.15) is 0 Å². The van der Waals surface area contributed by atoms with E-state index in [9.17, 15) is 19.7 Å². The summed E-state index contributed by atoms with van der Waals surface area (Å²) in [4.78, 5) is 37.1. The van der Waals surface area contributed by atoms with E-state index in [1.807, 2.05) is 0 Å². The molecule has 156 valence electrons. The standard InChI is InChI=1S/C22H21NO7/c1-3-29-22(25)20(21(24)14-7-9-15(28-2)10-8-14)18(13-23(26)27)16-5-4-6-19-17(16)11-12-30-19/h4-12,18,20H,3,13H2,1-2H3. The molecular weight excluding hydrogens is 390 g/mol. The second-order valence-corrected chi connectivity index (χ2v) is 6.62. The van der Waals surface area contributed by atoms with E-state index in [1.165, 1.54) is 25.5 Å². The molecule has 8 heteroatoms. The first-order valence-electron chi connectivity index (χ1n) is 9.39. The Bertz CT molecular complexity index is 1050. The normalized spacial score (nSPS) is 12.9. The van der Waals surface area contributed by atoms with Crippen molar-refractivity contribution in [3.05, 3.63) is 76.0 Å². The van der Waals surface area contributed by atoms with Crippen LogP contribution in [0.2, 0.25) is 0 Å². The van der Waals surface area contributed by atoms with E-state index >= 15 is 0 Å². The lowest BCUT2D eigenvalue weighted by Gasteiger charge is -2.23. The quantitative estimate of drug-likeness (QED) is 0.173. The topological polar surface area (TPSA) is 109 Å². The molecule has 0 bridgehead atoms. The maximum absolute atomic E-state index is 13.3. The van der Waals surface area contributed by atoms with Gasteiger partial charge < -0.3 is 13.9 Å². The molecule has 8 nitrogen and oxygen atoms in total. The van der Waals surface area contributed by atoms with Gasteiger partial charge in [-0.1, -0.05) is 12.1 Å².